The second-order valence-corrected chi connectivity index (χ2v) is 7.22. The molecule has 2 heterocycles. The lowest BCUT2D eigenvalue weighted by molar-refractivity contribution is 0.635. The van der Waals surface area contributed by atoms with Gasteiger partial charge < -0.3 is 10.6 Å². The van der Waals surface area contributed by atoms with Crippen LogP contribution >= 0.6 is 35.3 Å². The highest BCUT2D eigenvalue weighted by molar-refractivity contribution is 14.0. The van der Waals surface area contributed by atoms with Gasteiger partial charge in [0.1, 0.15) is 5.01 Å². The molecule has 140 valence electrons. The Kier molecular flexibility index (Phi) is 8.84. The Balaban J connectivity index is 0.00000312. The Morgan fingerprint density at radius 2 is 2.12 bits per heavy atom. The van der Waals surface area contributed by atoms with Crippen LogP contribution in [-0.4, -0.2) is 33.8 Å². The minimum atomic E-state index is 0. The molecule has 2 rings (SSSR count). The van der Waals surface area contributed by atoms with Crippen molar-refractivity contribution in [1.29, 1.82) is 0 Å². The lowest BCUT2D eigenvalue weighted by Gasteiger charge is -2.18. The van der Waals surface area contributed by atoms with E-state index in [1.54, 1.807) is 18.4 Å². The lowest BCUT2D eigenvalue weighted by atomic mass is 10.1. The van der Waals surface area contributed by atoms with Crippen LogP contribution in [0, 0.1) is 13.8 Å². The largest absolute Gasteiger partial charge is 0.354 e. The summed E-state index contributed by atoms with van der Waals surface area (Å²) < 4.78 is 1.94. The molecule has 1 unspecified atom stereocenters. The Morgan fingerprint density at radius 3 is 2.64 bits per heavy atom. The van der Waals surface area contributed by atoms with E-state index in [1.807, 2.05) is 17.9 Å². The summed E-state index contributed by atoms with van der Waals surface area (Å²) in [6.45, 7) is 9.19. The van der Waals surface area contributed by atoms with Gasteiger partial charge in [-0.2, -0.15) is 5.10 Å². The van der Waals surface area contributed by atoms with Gasteiger partial charge in [0.25, 0.3) is 0 Å². The molecule has 6 nitrogen and oxygen atoms in total. The maximum atomic E-state index is 4.49. The van der Waals surface area contributed by atoms with Crippen LogP contribution in [0.2, 0.25) is 0 Å². The van der Waals surface area contributed by atoms with E-state index in [2.05, 4.69) is 53.4 Å². The molecule has 8 heteroatoms. The third kappa shape index (κ3) is 5.95. The second kappa shape index (κ2) is 10.1. The number of rotatable bonds is 6. The third-order valence-corrected chi connectivity index (χ3v) is 5.27. The van der Waals surface area contributed by atoms with Gasteiger partial charge in [0.15, 0.2) is 5.96 Å². The zero-order valence-electron chi connectivity index (χ0n) is 15.9. The Hall–Kier alpha value is -1.16. The molecular formula is C17H29IN6S. The molecule has 0 aromatic carbocycles. The van der Waals surface area contributed by atoms with Crippen LogP contribution in [0.15, 0.2) is 11.2 Å². The standard InChI is InChI=1S/C17H28N6S.HI/c1-7-14-9-19-16(24-14)10-20-17(18-5)21-11(2)8-15-12(3)22-23(6)13(15)4;/h9,11H,7-8,10H2,1-6H3,(H2,18,20,21);1H. The quantitative estimate of drug-likeness (QED) is 0.382. The number of aliphatic imine (C=N–C) groups is 1. The molecule has 2 N–H and O–H groups in total. The lowest BCUT2D eigenvalue weighted by Crippen LogP contribution is -2.42. The van der Waals surface area contributed by atoms with Gasteiger partial charge in [0.2, 0.25) is 0 Å². The van der Waals surface area contributed by atoms with Gasteiger partial charge in [0.05, 0.1) is 12.2 Å². The van der Waals surface area contributed by atoms with Crippen molar-refractivity contribution in [3.05, 3.63) is 33.0 Å². The van der Waals surface area contributed by atoms with Gasteiger partial charge in [-0.15, -0.1) is 35.3 Å². The average Bonchev–Trinajstić information content (AvgIpc) is 3.11. The zero-order valence-corrected chi connectivity index (χ0v) is 19.0. The van der Waals surface area contributed by atoms with Crippen LogP contribution < -0.4 is 10.6 Å². The third-order valence-electron chi connectivity index (χ3n) is 4.13. The monoisotopic (exact) mass is 476 g/mol. The number of hydrogen-bond acceptors (Lipinski definition) is 4. The topological polar surface area (TPSA) is 67.1 Å². The number of halogens is 1. The van der Waals surface area contributed by atoms with Gasteiger partial charge in [-0.1, -0.05) is 6.92 Å². The van der Waals surface area contributed by atoms with Crippen molar-refractivity contribution < 1.29 is 0 Å². The molecule has 0 spiro atoms. The first-order valence-corrected chi connectivity index (χ1v) is 9.16. The van der Waals surface area contributed by atoms with Crippen molar-refractivity contribution in [2.24, 2.45) is 12.0 Å². The van der Waals surface area contributed by atoms with Crippen LogP contribution in [-0.2, 0) is 26.4 Å². The van der Waals surface area contributed by atoms with Gasteiger partial charge in [-0.25, -0.2) is 4.98 Å². The number of thiazole rings is 1. The molecule has 1 atom stereocenters. The van der Waals surface area contributed by atoms with Crippen molar-refractivity contribution in [3.8, 4) is 0 Å². The molecule has 0 bridgehead atoms. The summed E-state index contributed by atoms with van der Waals surface area (Å²) >= 11 is 1.75. The highest BCUT2D eigenvalue weighted by Gasteiger charge is 2.14. The Morgan fingerprint density at radius 1 is 1.40 bits per heavy atom. The summed E-state index contributed by atoms with van der Waals surface area (Å²) in [5.74, 6) is 0.801. The number of nitrogens with one attached hydrogen (secondary N) is 2. The van der Waals surface area contributed by atoms with E-state index in [-0.39, 0.29) is 30.0 Å². The van der Waals surface area contributed by atoms with Crippen LogP contribution in [0.4, 0.5) is 0 Å². The molecule has 25 heavy (non-hydrogen) atoms. The van der Waals surface area contributed by atoms with Crippen LogP contribution in [0.5, 0.6) is 0 Å². The molecule has 0 aliphatic rings. The van der Waals surface area contributed by atoms with Crippen LogP contribution in [0.25, 0.3) is 0 Å². The average molecular weight is 476 g/mol. The smallest absolute Gasteiger partial charge is 0.191 e. The fraction of sp³-hybridized carbons (Fsp3) is 0.588. The van der Waals surface area contributed by atoms with Crippen LogP contribution in [0.3, 0.4) is 0 Å². The van der Waals surface area contributed by atoms with E-state index in [0.29, 0.717) is 6.54 Å². The predicted octanol–water partition coefficient (Wildman–Crippen LogP) is 2.97. The predicted molar refractivity (Wildman–Crippen MR) is 116 cm³/mol. The van der Waals surface area contributed by atoms with Gasteiger partial charge in [-0.3, -0.25) is 9.67 Å². The highest BCUT2D eigenvalue weighted by atomic mass is 127. The summed E-state index contributed by atoms with van der Waals surface area (Å²) in [5.41, 5.74) is 3.63. The first kappa shape index (κ1) is 21.9. The highest BCUT2D eigenvalue weighted by Crippen LogP contribution is 2.14. The number of guanidine groups is 1. The molecule has 0 saturated heterocycles. The molecule has 0 aliphatic carbocycles. The van der Waals surface area contributed by atoms with Crippen molar-refractivity contribution in [2.75, 3.05) is 7.05 Å². The van der Waals surface area contributed by atoms with E-state index in [0.717, 1.165) is 29.5 Å². The summed E-state index contributed by atoms with van der Waals surface area (Å²) in [6, 6.07) is 0.264. The van der Waals surface area contributed by atoms with Crippen molar-refractivity contribution >= 4 is 41.3 Å². The van der Waals surface area contributed by atoms with E-state index in [1.165, 1.54) is 16.1 Å². The first-order valence-electron chi connectivity index (χ1n) is 8.34. The molecule has 0 fully saturated rings. The van der Waals surface area contributed by atoms with Gasteiger partial charge >= 0.3 is 0 Å². The van der Waals surface area contributed by atoms with E-state index < -0.39 is 0 Å². The summed E-state index contributed by atoms with van der Waals surface area (Å²) in [7, 11) is 3.78. The number of aryl methyl sites for hydroxylation is 3. The Labute approximate surface area is 171 Å². The van der Waals surface area contributed by atoms with Crippen molar-refractivity contribution in [1.82, 2.24) is 25.4 Å². The molecule has 0 aliphatic heterocycles. The molecular weight excluding hydrogens is 447 g/mol. The minimum absolute atomic E-state index is 0. The van der Waals surface area contributed by atoms with Crippen molar-refractivity contribution in [2.45, 2.75) is 53.1 Å². The van der Waals surface area contributed by atoms with Gasteiger partial charge in [-0.05, 0) is 39.2 Å². The SMILES string of the molecule is CCc1cnc(CNC(=NC)NC(C)Cc2c(C)nn(C)c2C)s1.I. The number of hydrogen-bond donors (Lipinski definition) is 2. The fourth-order valence-corrected chi connectivity index (χ4v) is 3.45. The maximum absolute atomic E-state index is 4.49. The Bertz CT molecular complexity index is 706. The zero-order chi connectivity index (χ0) is 17.7. The normalized spacial score (nSPS) is 12.6. The number of aromatic nitrogens is 3. The molecule has 0 amide bonds. The summed E-state index contributed by atoms with van der Waals surface area (Å²) in [4.78, 5) is 10.1. The first-order chi connectivity index (χ1) is 11.4. The second-order valence-electron chi connectivity index (χ2n) is 6.02. The minimum Gasteiger partial charge on any atom is -0.354 e. The molecule has 0 radical (unpaired) electrons. The van der Waals surface area contributed by atoms with Crippen molar-refractivity contribution in [3.63, 3.8) is 0 Å². The fourth-order valence-electron chi connectivity index (χ4n) is 2.65. The van der Waals surface area contributed by atoms with E-state index >= 15 is 0 Å². The van der Waals surface area contributed by atoms with Gasteiger partial charge in [0, 0.05) is 36.9 Å². The maximum Gasteiger partial charge on any atom is 0.191 e. The van der Waals surface area contributed by atoms with E-state index in [9.17, 15) is 0 Å². The molecule has 0 saturated carbocycles. The van der Waals surface area contributed by atoms with E-state index in [4.69, 9.17) is 0 Å². The molecule has 2 aromatic heterocycles. The van der Waals surface area contributed by atoms with Crippen LogP contribution in [0.1, 0.15) is 40.7 Å². The number of nitrogens with zero attached hydrogens (tertiary/aromatic N) is 4. The summed E-state index contributed by atoms with van der Waals surface area (Å²) in [6.07, 6.45) is 3.91. The summed E-state index contributed by atoms with van der Waals surface area (Å²) in [5, 5.41) is 12.4. The molecule has 2 aromatic rings.